The van der Waals surface area contributed by atoms with Crippen LogP contribution in [0.2, 0.25) is 0 Å². The summed E-state index contributed by atoms with van der Waals surface area (Å²) in [7, 11) is 0. The number of aliphatic hydroxyl groups is 1. The van der Waals surface area contributed by atoms with Gasteiger partial charge < -0.3 is 20.7 Å². The van der Waals surface area contributed by atoms with Crippen molar-refractivity contribution in [3.63, 3.8) is 0 Å². The van der Waals surface area contributed by atoms with Crippen LogP contribution >= 0.6 is 24.0 Å². The number of aliphatic hydroxyl groups excluding tert-OH is 1. The van der Waals surface area contributed by atoms with Gasteiger partial charge in [-0.25, -0.2) is 0 Å². The van der Waals surface area contributed by atoms with Crippen molar-refractivity contribution in [2.24, 2.45) is 16.8 Å². The number of halogens is 1. The highest BCUT2D eigenvalue weighted by Gasteiger charge is 2.11. The third-order valence-electron chi connectivity index (χ3n) is 4.56. The monoisotopic (exact) mass is 486 g/mol. The predicted octanol–water partition coefficient (Wildman–Crippen LogP) is 3.93. The van der Waals surface area contributed by atoms with E-state index in [1.165, 1.54) is 16.5 Å². The van der Waals surface area contributed by atoms with E-state index in [4.69, 9.17) is 4.99 Å². The molecule has 1 aromatic heterocycles. The van der Waals surface area contributed by atoms with Crippen LogP contribution in [0.3, 0.4) is 0 Å². The third kappa shape index (κ3) is 8.09. The molecule has 0 saturated carbocycles. The van der Waals surface area contributed by atoms with Crippen LogP contribution in [-0.2, 0) is 6.42 Å². The Kier molecular flexibility index (Phi) is 11.4. The molecule has 1 unspecified atom stereocenters. The highest BCUT2D eigenvalue weighted by Crippen LogP contribution is 2.18. The van der Waals surface area contributed by atoms with Crippen molar-refractivity contribution in [2.75, 3.05) is 26.2 Å². The van der Waals surface area contributed by atoms with E-state index in [-0.39, 0.29) is 30.6 Å². The minimum absolute atomic E-state index is 0. The Labute approximate surface area is 180 Å². The van der Waals surface area contributed by atoms with Gasteiger partial charge in [0.2, 0.25) is 0 Å². The van der Waals surface area contributed by atoms with Gasteiger partial charge in [-0.1, -0.05) is 32.0 Å². The highest BCUT2D eigenvalue weighted by molar-refractivity contribution is 14.0. The van der Waals surface area contributed by atoms with E-state index in [2.05, 4.69) is 66.9 Å². The lowest BCUT2D eigenvalue weighted by molar-refractivity contribution is 0.245. The molecule has 1 heterocycles. The molecule has 0 bridgehead atoms. The maximum atomic E-state index is 9.27. The fourth-order valence-electron chi connectivity index (χ4n) is 3.35. The lowest BCUT2D eigenvalue weighted by Crippen LogP contribution is -2.38. The second kappa shape index (κ2) is 13.0. The largest absolute Gasteiger partial charge is 0.396 e. The number of benzene rings is 1. The highest BCUT2D eigenvalue weighted by atomic mass is 127. The summed E-state index contributed by atoms with van der Waals surface area (Å²) in [5.41, 5.74) is 2.51. The second-order valence-electron chi connectivity index (χ2n) is 7.26. The molecule has 0 aliphatic rings. The summed E-state index contributed by atoms with van der Waals surface area (Å²) in [5.74, 6) is 1.92. The Morgan fingerprint density at radius 3 is 2.70 bits per heavy atom. The molecule has 0 saturated heterocycles. The molecular formula is C21H35IN4O. The fraction of sp³-hybridized carbons (Fsp3) is 0.571. The number of hydrogen-bond donors (Lipinski definition) is 4. The van der Waals surface area contributed by atoms with Gasteiger partial charge in [-0.2, -0.15) is 0 Å². The van der Waals surface area contributed by atoms with Crippen molar-refractivity contribution in [1.29, 1.82) is 0 Å². The quantitative estimate of drug-likeness (QED) is 0.234. The summed E-state index contributed by atoms with van der Waals surface area (Å²) in [6.07, 6.45) is 4.95. The standard InChI is InChI=1S/C21H34N4O.HI/c1-4-22-21(25-14-17(10-12-26)13-16(2)3)23-11-9-18-15-24-20-8-6-5-7-19(18)20;/h5-8,15-17,24,26H,4,9-14H2,1-3H3,(H2,22,23,25);1H. The first-order valence-electron chi connectivity index (χ1n) is 9.82. The molecule has 1 aromatic carbocycles. The fourth-order valence-corrected chi connectivity index (χ4v) is 3.35. The van der Waals surface area contributed by atoms with Crippen LogP contribution in [0.1, 0.15) is 39.2 Å². The number of nitrogens with zero attached hydrogens (tertiary/aromatic N) is 1. The van der Waals surface area contributed by atoms with Gasteiger partial charge in [0.15, 0.2) is 5.96 Å². The van der Waals surface area contributed by atoms with E-state index in [0.717, 1.165) is 44.9 Å². The van der Waals surface area contributed by atoms with Gasteiger partial charge in [-0.15, -0.1) is 24.0 Å². The molecule has 2 rings (SSSR count). The minimum atomic E-state index is 0. The average Bonchev–Trinajstić information content (AvgIpc) is 3.02. The van der Waals surface area contributed by atoms with E-state index in [9.17, 15) is 5.11 Å². The molecule has 152 valence electrons. The van der Waals surface area contributed by atoms with Crippen molar-refractivity contribution in [2.45, 2.75) is 40.0 Å². The molecule has 1 atom stereocenters. The van der Waals surface area contributed by atoms with E-state index in [0.29, 0.717) is 11.8 Å². The maximum Gasteiger partial charge on any atom is 0.191 e. The molecule has 0 aliphatic carbocycles. The van der Waals surface area contributed by atoms with E-state index < -0.39 is 0 Å². The molecule has 27 heavy (non-hydrogen) atoms. The number of aromatic nitrogens is 1. The first-order chi connectivity index (χ1) is 12.6. The van der Waals surface area contributed by atoms with Crippen molar-refractivity contribution >= 4 is 40.8 Å². The van der Waals surface area contributed by atoms with Gasteiger partial charge in [-0.3, -0.25) is 4.99 Å². The van der Waals surface area contributed by atoms with E-state index >= 15 is 0 Å². The summed E-state index contributed by atoms with van der Waals surface area (Å²) in [6.45, 7) is 9.18. The van der Waals surface area contributed by atoms with Crippen LogP contribution in [0.15, 0.2) is 35.5 Å². The number of fused-ring (bicyclic) bond motifs is 1. The number of guanidine groups is 1. The number of aliphatic imine (C=N–C) groups is 1. The smallest absolute Gasteiger partial charge is 0.191 e. The molecule has 2 aromatic rings. The lowest BCUT2D eigenvalue weighted by Gasteiger charge is -2.17. The first-order valence-corrected chi connectivity index (χ1v) is 9.82. The Morgan fingerprint density at radius 2 is 2.00 bits per heavy atom. The van der Waals surface area contributed by atoms with Gasteiger partial charge in [0.25, 0.3) is 0 Å². The van der Waals surface area contributed by atoms with Crippen LogP contribution in [0.25, 0.3) is 10.9 Å². The average molecular weight is 486 g/mol. The normalized spacial score (nSPS) is 12.9. The molecule has 6 heteroatoms. The van der Waals surface area contributed by atoms with Crippen LogP contribution in [-0.4, -0.2) is 42.3 Å². The first kappa shape index (κ1) is 23.8. The summed E-state index contributed by atoms with van der Waals surface area (Å²) < 4.78 is 0. The number of nitrogens with one attached hydrogen (secondary N) is 3. The predicted molar refractivity (Wildman–Crippen MR) is 126 cm³/mol. The summed E-state index contributed by atoms with van der Waals surface area (Å²) in [5, 5.41) is 17.3. The second-order valence-corrected chi connectivity index (χ2v) is 7.26. The molecule has 0 spiro atoms. The van der Waals surface area contributed by atoms with Crippen LogP contribution in [0, 0.1) is 11.8 Å². The van der Waals surface area contributed by atoms with Crippen molar-refractivity contribution in [3.05, 3.63) is 36.0 Å². The molecule has 0 fully saturated rings. The number of para-hydroxylation sites is 1. The van der Waals surface area contributed by atoms with Crippen molar-refractivity contribution in [1.82, 2.24) is 15.6 Å². The number of H-pyrrole nitrogens is 1. The lowest BCUT2D eigenvalue weighted by atomic mass is 9.94. The van der Waals surface area contributed by atoms with E-state index in [1.807, 2.05) is 0 Å². The van der Waals surface area contributed by atoms with E-state index in [1.54, 1.807) is 0 Å². The number of hydrogen-bond acceptors (Lipinski definition) is 2. The molecular weight excluding hydrogens is 451 g/mol. The Bertz CT molecular complexity index is 684. The molecule has 0 aliphatic heterocycles. The molecule has 0 amide bonds. The van der Waals surface area contributed by atoms with Crippen molar-refractivity contribution < 1.29 is 5.11 Å². The SMILES string of the molecule is CCNC(=NCC(CCO)CC(C)C)NCCc1c[nH]c2ccccc12.I. The van der Waals surface area contributed by atoms with Gasteiger partial charge >= 0.3 is 0 Å². The van der Waals surface area contributed by atoms with Gasteiger partial charge in [0.05, 0.1) is 0 Å². The van der Waals surface area contributed by atoms with Crippen LogP contribution in [0.4, 0.5) is 0 Å². The Hall–Kier alpha value is -1.28. The third-order valence-corrected chi connectivity index (χ3v) is 4.56. The Morgan fingerprint density at radius 1 is 1.22 bits per heavy atom. The van der Waals surface area contributed by atoms with Crippen LogP contribution < -0.4 is 10.6 Å². The number of rotatable bonds is 10. The molecule has 5 nitrogen and oxygen atoms in total. The van der Waals surface area contributed by atoms with Crippen molar-refractivity contribution in [3.8, 4) is 0 Å². The molecule has 0 radical (unpaired) electrons. The summed E-state index contributed by atoms with van der Waals surface area (Å²) in [4.78, 5) is 8.07. The summed E-state index contributed by atoms with van der Waals surface area (Å²) in [6, 6.07) is 8.39. The maximum absolute atomic E-state index is 9.27. The minimum Gasteiger partial charge on any atom is -0.396 e. The zero-order valence-corrected chi connectivity index (χ0v) is 19.1. The summed E-state index contributed by atoms with van der Waals surface area (Å²) >= 11 is 0. The van der Waals surface area contributed by atoms with Crippen LogP contribution in [0.5, 0.6) is 0 Å². The zero-order valence-electron chi connectivity index (χ0n) is 16.8. The zero-order chi connectivity index (χ0) is 18.8. The number of aromatic amines is 1. The van der Waals surface area contributed by atoms with Gasteiger partial charge in [0, 0.05) is 43.3 Å². The molecule has 4 N–H and O–H groups in total. The van der Waals surface area contributed by atoms with Gasteiger partial charge in [-0.05, 0) is 49.7 Å². The Balaban J connectivity index is 0.00000364. The topological polar surface area (TPSA) is 72.4 Å². The van der Waals surface area contributed by atoms with Gasteiger partial charge in [0.1, 0.15) is 0 Å².